The van der Waals surface area contributed by atoms with Crippen LogP contribution in [0.3, 0.4) is 0 Å². The number of carbonyl (C=O) groups excluding carboxylic acids is 1. The lowest BCUT2D eigenvalue weighted by Crippen LogP contribution is -2.18. The van der Waals surface area contributed by atoms with Crippen LogP contribution >= 0.6 is 23.5 Å². The Labute approximate surface area is 173 Å². The second kappa shape index (κ2) is 9.03. The zero-order chi connectivity index (χ0) is 20.1. The van der Waals surface area contributed by atoms with Crippen LogP contribution in [0.2, 0.25) is 5.02 Å². The summed E-state index contributed by atoms with van der Waals surface area (Å²) in [6.07, 6.45) is 2.62. The highest BCUT2D eigenvalue weighted by Gasteiger charge is 2.18. The Kier molecular flexibility index (Phi) is 6.49. The molecule has 146 valence electrons. The van der Waals surface area contributed by atoms with Crippen molar-refractivity contribution in [2.75, 3.05) is 16.3 Å². The molecular weight excluding hydrogens is 396 g/mol. The molecule has 0 aliphatic rings. The summed E-state index contributed by atoms with van der Waals surface area (Å²) in [6, 6.07) is 15.2. The van der Waals surface area contributed by atoms with Gasteiger partial charge in [0.2, 0.25) is 0 Å². The standard InChI is InChI=1S/C20H21ClN4O2S/c1-13(16-6-4-5-7-18(16)21)27-20(26)23-19-17(12-22-25(19)2)14-8-10-15(11-9-14)24-28-3/h4-13,24H,1-3H3,(H,23,26). The molecule has 0 aliphatic heterocycles. The minimum absolute atomic E-state index is 0.484. The molecule has 0 fully saturated rings. The molecule has 2 aromatic carbocycles. The largest absolute Gasteiger partial charge is 0.441 e. The van der Waals surface area contributed by atoms with Gasteiger partial charge in [0.25, 0.3) is 0 Å². The molecule has 0 saturated carbocycles. The smallest absolute Gasteiger partial charge is 0.413 e. The summed E-state index contributed by atoms with van der Waals surface area (Å²) in [4.78, 5) is 12.5. The van der Waals surface area contributed by atoms with Crippen molar-refractivity contribution in [2.45, 2.75) is 13.0 Å². The first-order valence-corrected chi connectivity index (χ1v) is 10.2. The van der Waals surface area contributed by atoms with Crippen LogP contribution in [0.5, 0.6) is 0 Å². The van der Waals surface area contributed by atoms with Gasteiger partial charge in [-0.25, -0.2) is 4.79 Å². The fourth-order valence-corrected chi connectivity index (χ4v) is 3.45. The molecule has 1 unspecified atom stereocenters. The van der Waals surface area contributed by atoms with Crippen molar-refractivity contribution in [1.29, 1.82) is 0 Å². The number of anilines is 2. The number of hydrogen-bond acceptors (Lipinski definition) is 5. The van der Waals surface area contributed by atoms with Gasteiger partial charge in [0.05, 0.1) is 6.20 Å². The number of amides is 1. The topological polar surface area (TPSA) is 68.2 Å². The summed E-state index contributed by atoms with van der Waals surface area (Å²) in [7, 11) is 1.76. The predicted molar refractivity (Wildman–Crippen MR) is 116 cm³/mol. The summed E-state index contributed by atoms with van der Waals surface area (Å²) in [5.74, 6) is 0.557. The van der Waals surface area contributed by atoms with Crippen LogP contribution in [0, 0.1) is 0 Å². The van der Waals surface area contributed by atoms with Crippen LogP contribution in [0.1, 0.15) is 18.6 Å². The molecule has 0 saturated heterocycles. The summed E-state index contributed by atoms with van der Waals surface area (Å²) in [6.45, 7) is 1.78. The van der Waals surface area contributed by atoms with Crippen molar-refractivity contribution in [3.05, 3.63) is 65.3 Å². The van der Waals surface area contributed by atoms with Crippen LogP contribution in [0.4, 0.5) is 16.3 Å². The number of carbonyl (C=O) groups is 1. The van der Waals surface area contributed by atoms with Crippen molar-refractivity contribution < 1.29 is 9.53 Å². The van der Waals surface area contributed by atoms with Crippen molar-refractivity contribution in [3.8, 4) is 11.1 Å². The van der Waals surface area contributed by atoms with E-state index in [1.54, 1.807) is 30.9 Å². The van der Waals surface area contributed by atoms with Crippen LogP contribution < -0.4 is 10.0 Å². The molecule has 6 nitrogen and oxygen atoms in total. The van der Waals surface area contributed by atoms with Crippen molar-refractivity contribution >= 4 is 41.1 Å². The summed E-state index contributed by atoms with van der Waals surface area (Å²) < 4.78 is 10.3. The maximum atomic E-state index is 12.5. The first kappa shape index (κ1) is 20.1. The zero-order valence-corrected chi connectivity index (χ0v) is 17.3. The third kappa shape index (κ3) is 4.61. The van der Waals surface area contributed by atoms with Gasteiger partial charge in [-0.05, 0) is 30.7 Å². The van der Waals surface area contributed by atoms with Gasteiger partial charge in [-0.2, -0.15) is 5.10 Å². The first-order chi connectivity index (χ1) is 13.5. The lowest BCUT2D eigenvalue weighted by Gasteiger charge is -2.16. The van der Waals surface area contributed by atoms with E-state index in [1.165, 1.54) is 11.9 Å². The predicted octanol–water partition coefficient (Wildman–Crippen LogP) is 5.74. The van der Waals surface area contributed by atoms with Crippen molar-refractivity contribution in [2.24, 2.45) is 7.05 Å². The van der Waals surface area contributed by atoms with E-state index in [9.17, 15) is 4.79 Å². The van der Waals surface area contributed by atoms with E-state index in [0.717, 1.165) is 22.4 Å². The first-order valence-electron chi connectivity index (χ1n) is 8.63. The normalized spacial score (nSPS) is 11.7. The Morgan fingerprint density at radius 1 is 1.21 bits per heavy atom. The highest BCUT2D eigenvalue weighted by molar-refractivity contribution is 7.99. The molecule has 1 aromatic heterocycles. The summed E-state index contributed by atoms with van der Waals surface area (Å²) in [5.41, 5.74) is 3.50. The third-order valence-electron chi connectivity index (χ3n) is 4.20. The van der Waals surface area contributed by atoms with Crippen LogP contribution in [0.15, 0.2) is 54.7 Å². The lowest BCUT2D eigenvalue weighted by molar-refractivity contribution is 0.121. The molecule has 3 aromatic rings. The van der Waals surface area contributed by atoms with Gasteiger partial charge in [0.15, 0.2) is 0 Å². The minimum Gasteiger partial charge on any atom is -0.441 e. The molecule has 1 amide bonds. The fourth-order valence-electron chi connectivity index (χ4n) is 2.79. The average molecular weight is 417 g/mol. The van der Waals surface area contributed by atoms with Gasteiger partial charge in [0.1, 0.15) is 11.9 Å². The maximum absolute atomic E-state index is 12.5. The highest BCUT2D eigenvalue weighted by Crippen LogP contribution is 2.30. The second-order valence-electron chi connectivity index (χ2n) is 6.11. The molecule has 28 heavy (non-hydrogen) atoms. The lowest BCUT2D eigenvalue weighted by atomic mass is 10.1. The van der Waals surface area contributed by atoms with Crippen molar-refractivity contribution in [1.82, 2.24) is 9.78 Å². The van der Waals surface area contributed by atoms with Crippen LogP contribution in [0.25, 0.3) is 11.1 Å². The Morgan fingerprint density at radius 3 is 2.61 bits per heavy atom. The molecule has 0 radical (unpaired) electrons. The fraction of sp³-hybridized carbons (Fsp3) is 0.200. The Morgan fingerprint density at radius 2 is 1.93 bits per heavy atom. The monoisotopic (exact) mass is 416 g/mol. The van der Waals surface area contributed by atoms with E-state index in [-0.39, 0.29) is 0 Å². The van der Waals surface area contributed by atoms with E-state index >= 15 is 0 Å². The van der Waals surface area contributed by atoms with E-state index in [0.29, 0.717) is 10.8 Å². The van der Waals surface area contributed by atoms with E-state index in [1.807, 2.05) is 48.7 Å². The Balaban J connectivity index is 1.75. The Bertz CT molecular complexity index is 959. The van der Waals surface area contributed by atoms with Gasteiger partial charge in [-0.3, -0.25) is 10.00 Å². The second-order valence-corrected chi connectivity index (χ2v) is 7.13. The molecule has 8 heteroatoms. The zero-order valence-electron chi connectivity index (χ0n) is 15.8. The Hall–Kier alpha value is -2.64. The van der Waals surface area contributed by atoms with Crippen molar-refractivity contribution in [3.63, 3.8) is 0 Å². The number of halogens is 1. The van der Waals surface area contributed by atoms with Gasteiger partial charge in [-0.15, -0.1) is 0 Å². The van der Waals surface area contributed by atoms with E-state index in [2.05, 4.69) is 15.1 Å². The number of aryl methyl sites for hydroxylation is 1. The van der Waals surface area contributed by atoms with E-state index in [4.69, 9.17) is 16.3 Å². The van der Waals surface area contributed by atoms with Gasteiger partial charge >= 0.3 is 6.09 Å². The SMILES string of the molecule is CSNc1ccc(-c2cnn(C)c2NC(=O)OC(C)c2ccccc2Cl)cc1. The number of aromatic nitrogens is 2. The minimum atomic E-state index is -0.571. The van der Waals surface area contributed by atoms with Gasteiger partial charge < -0.3 is 9.46 Å². The van der Waals surface area contributed by atoms with Crippen LogP contribution in [-0.4, -0.2) is 22.1 Å². The molecule has 0 aliphatic carbocycles. The van der Waals surface area contributed by atoms with Gasteiger partial charge in [-0.1, -0.05) is 53.9 Å². The highest BCUT2D eigenvalue weighted by atomic mass is 35.5. The number of rotatable bonds is 6. The summed E-state index contributed by atoms with van der Waals surface area (Å²) >= 11 is 7.71. The maximum Gasteiger partial charge on any atom is 0.413 e. The number of nitrogens with one attached hydrogen (secondary N) is 2. The van der Waals surface area contributed by atoms with Crippen LogP contribution in [-0.2, 0) is 11.8 Å². The van der Waals surface area contributed by atoms with E-state index < -0.39 is 12.2 Å². The molecule has 0 bridgehead atoms. The molecule has 0 spiro atoms. The number of hydrogen-bond donors (Lipinski definition) is 2. The quantitative estimate of drug-likeness (QED) is 0.501. The number of benzene rings is 2. The third-order valence-corrected chi connectivity index (χ3v) is 4.99. The molecule has 1 atom stereocenters. The summed E-state index contributed by atoms with van der Waals surface area (Å²) in [5, 5.41) is 7.61. The molecular formula is C20H21ClN4O2S. The number of ether oxygens (including phenoxy) is 1. The molecule has 3 rings (SSSR count). The average Bonchev–Trinajstić information content (AvgIpc) is 3.03. The molecule has 1 heterocycles. The number of nitrogens with zero attached hydrogens (tertiary/aromatic N) is 2. The molecule has 2 N–H and O–H groups in total. The van der Waals surface area contributed by atoms with Gasteiger partial charge in [0, 0.05) is 35.1 Å².